The van der Waals surface area contributed by atoms with Gasteiger partial charge in [0.05, 0.1) is 41.1 Å². The lowest BCUT2D eigenvalue weighted by Gasteiger charge is -2.27. The van der Waals surface area contributed by atoms with Gasteiger partial charge in [-0.05, 0) is 49.7 Å². The van der Waals surface area contributed by atoms with Gasteiger partial charge in [0.15, 0.2) is 16.3 Å². The Morgan fingerprint density at radius 1 is 1.11 bits per heavy atom. The Morgan fingerprint density at radius 2 is 1.93 bits per heavy atom. The summed E-state index contributed by atoms with van der Waals surface area (Å²) in [5.41, 5.74) is 1.51. The quantitative estimate of drug-likeness (QED) is 0.149. The number of esters is 1. The average molecular weight is 658 g/mol. The van der Waals surface area contributed by atoms with Gasteiger partial charge in [-0.15, -0.1) is 0 Å². The van der Waals surface area contributed by atoms with Gasteiger partial charge in [0.1, 0.15) is 24.2 Å². The van der Waals surface area contributed by atoms with E-state index in [4.69, 9.17) is 46.6 Å². The molecule has 44 heavy (non-hydrogen) atoms. The van der Waals surface area contributed by atoms with Gasteiger partial charge in [0, 0.05) is 29.3 Å². The van der Waals surface area contributed by atoms with E-state index in [1.54, 1.807) is 62.6 Å². The number of fused-ring (bicyclic) bond motifs is 1. The molecule has 0 saturated heterocycles. The van der Waals surface area contributed by atoms with Crippen molar-refractivity contribution in [2.24, 2.45) is 4.99 Å². The number of halogens is 2. The first-order valence-corrected chi connectivity index (χ1v) is 15.4. The van der Waals surface area contributed by atoms with E-state index >= 15 is 0 Å². The molecule has 0 radical (unpaired) electrons. The predicted molar refractivity (Wildman–Crippen MR) is 170 cm³/mol. The number of carbonyl (C=O) groups excluding carboxylic acids is 1. The Balaban J connectivity index is 1.66. The molecule has 0 bridgehead atoms. The molecule has 5 rings (SSSR count). The summed E-state index contributed by atoms with van der Waals surface area (Å²) < 4.78 is 30.2. The second-order valence-corrected chi connectivity index (χ2v) is 11.6. The molecule has 3 heterocycles. The lowest BCUT2D eigenvalue weighted by Crippen LogP contribution is -2.40. The normalized spacial score (nSPS) is 14.8. The van der Waals surface area contributed by atoms with Crippen molar-refractivity contribution in [3.8, 4) is 22.8 Å². The van der Waals surface area contributed by atoms with Crippen LogP contribution in [0.3, 0.4) is 0 Å². The summed E-state index contributed by atoms with van der Waals surface area (Å²) in [5, 5.41) is 0.954. The minimum absolute atomic E-state index is 0.0407. The van der Waals surface area contributed by atoms with Crippen LogP contribution < -0.4 is 24.4 Å². The molecular weight excluding hydrogens is 627 g/mol. The van der Waals surface area contributed by atoms with Crippen molar-refractivity contribution in [3.05, 3.63) is 101 Å². The highest BCUT2D eigenvalue weighted by Gasteiger charge is 2.36. The van der Waals surface area contributed by atoms with E-state index in [-0.39, 0.29) is 24.3 Å². The minimum Gasteiger partial charge on any atom is -0.493 e. The number of methoxy groups -OCH3 is 2. The highest BCUT2D eigenvalue weighted by atomic mass is 35.5. The number of thiazole rings is 1. The minimum atomic E-state index is -0.898. The topological polar surface area (TPSA) is 101 Å². The van der Waals surface area contributed by atoms with E-state index in [0.29, 0.717) is 65.8 Å². The molecule has 0 saturated carbocycles. The summed E-state index contributed by atoms with van der Waals surface area (Å²) in [7, 11) is 3.06. The molecule has 4 aromatic rings. The number of hydrogen-bond donors (Lipinski definition) is 0. The Morgan fingerprint density at radius 3 is 2.66 bits per heavy atom. The number of allylic oxidation sites excluding steroid dienone is 1. The Bertz CT molecular complexity index is 1910. The van der Waals surface area contributed by atoms with Crippen LogP contribution in [0.2, 0.25) is 10.0 Å². The van der Waals surface area contributed by atoms with Crippen LogP contribution in [0.1, 0.15) is 37.6 Å². The van der Waals surface area contributed by atoms with E-state index in [1.807, 2.05) is 13.0 Å². The highest BCUT2D eigenvalue weighted by molar-refractivity contribution is 7.07. The third kappa shape index (κ3) is 6.34. The summed E-state index contributed by atoms with van der Waals surface area (Å²) in [6.45, 7) is 4.38. The van der Waals surface area contributed by atoms with Crippen LogP contribution in [0, 0.1) is 0 Å². The second-order valence-electron chi connectivity index (χ2n) is 9.76. The molecule has 0 aliphatic carbocycles. The number of ether oxygens (including phenoxy) is 4. The molecule has 12 heteroatoms. The van der Waals surface area contributed by atoms with Crippen molar-refractivity contribution < 1.29 is 28.2 Å². The SMILES string of the molecule is CCCOc1c(OC)cccc1[C@@H]1C(C(=O)OCCOC)=C(C)N=c2s/c(=C/c3ccc(-c4ccc(Cl)cc4Cl)o3)c(=O)n21. The molecule has 2 aromatic heterocycles. The Hall–Kier alpha value is -3.83. The van der Waals surface area contributed by atoms with Crippen molar-refractivity contribution in [3.63, 3.8) is 0 Å². The van der Waals surface area contributed by atoms with Gasteiger partial charge in [-0.3, -0.25) is 9.36 Å². The number of rotatable bonds is 11. The first kappa shape index (κ1) is 31.6. The summed E-state index contributed by atoms with van der Waals surface area (Å²) in [6.07, 6.45) is 2.39. The van der Waals surface area contributed by atoms with E-state index in [2.05, 4.69) is 4.99 Å². The van der Waals surface area contributed by atoms with Gasteiger partial charge in [-0.1, -0.05) is 53.6 Å². The van der Waals surface area contributed by atoms with Gasteiger partial charge in [0.2, 0.25) is 0 Å². The van der Waals surface area contributed by atoms with Gasteiger partial charge in [0.25, 0.3) is 5.56 Å². The average Bonchev–Trinajstić information content (AvgIpc) is 3.59. The molecule has 9 nitrogen and oxygen atoms in total. The van der Waals surface area contributed by atoms with Crippen LogP contribution in [-0.2, 0) is 14.3 Å². The van der Waals surface area contributed by atoms with Gasteiger partial charge in [-0.25, -0.2) is 9.79 Å². The fourth-order valence-corrected chi connectivity index (χ4v) is 6.36. The molecule has 1 aliphatic heterocycles. The van der Waals surface area contributed by atoms with Crippen LogP contribution in [0.15, 0.2) is 74.0 Å². The zero-order valence-corrected chi connectivity index (χ0v) is 26.8. The number of benzene rings is 2. The fourth-order valence-electron chi connectivity index (χ4n) is 4.83. The third-order valence-corrected chi connectivity index (χ3v) is 8.36. The van der Waals surface area contributed by atoms with E-state index in [0.717, 1.165) is 6.42 Å². The number of aromatic nitrogens is 1. The molecule has 0 spiro atoms. The predicted octanol–water partition coefficient (Wildman–Crippen LogP) is 5.79. The monoisotopic (exact) mass is 656 g/mol. The third-order valence-electron chi connectivity index (χ3n) is 6.83. The van der Waals surface area contributed by atoms with E-state index < -0.39 is 12.0 Å². The number of nitrogens with zero attached hydrogens (tertiary/aromatic N) is 2. The number of furan rings is 1. The molecule has 2 aromatic carbocycles. The molecule has 0 N–H and O–H groups in total. The van der Waals surface area contributed by atoms with Crippen LogP contribution >= 0.6 is 34.5 Å². The van der Waals surface area contributed by atoms with Crippen molar-refractivity contribution in [1.82, 2.24) is 4.57 Å². The van der Waals surface area contributed by atoms with Crippen LogP contribution in [0.5, 0.6) is 11.5 Å². The van der Waals surface area contributed by atoms with Crippen LogP contribution in [-0.4, -0.2) is 44.6 Å². The van der Waals surface area contributed by atoms with Gasteiger partial charge in [-0.2, -0.15) is 0 Å². The Kier molecular flexibility index (Phi) is 9.95. The molecular formula is C32H30Cl2N2O7S. The van der Waals surface area contributed by atoms with E-state index in [1.165, 1.54) is 23.0 Å². The maximum absolute atomic E-state index is 14.1. The Labute approximate surface area is 267 Å². The lowest BCUT2D eigenvalue weighted by atomic mass is 9.94. The molecule has 1 aliphatic rings. The zero-order chi connectivity index (χ0) is 31.4. The number of hydrogen-bond acceptors (Lipinski definition) is 9. The van der Waals surface area contributed by atoms with Crippen molar-refractivity contribution in [1.29, 1.82) is 0 Å². The maximum Gasteiger partial charge on any atom is 0.338 e. The largest absolute Gasteiger partial charge is 0.493 e. The summed E-state index contributed by atoms with van der Waals surface area (Å²) in [4.78, 5) is 32.7. The molecule has 0 amide bonds. The molecule has 230 valence electrons. The van der Waals surface area contributed by atoms with Crippen LogP contribution in [0.25, 0.3) is 17.4 Å². The highest BCUT2D eigenvalue weighted by Crippen LogP contribution is 2.41. The summed E-state index contributed by atoms with van der Waals surface area (Å²) in [6, 6.07) is 13.1. The van der Waals surface area contributed by atoms with Crippen molar-refractivity contribution in [2.45, 2.75) is 26.3 Å². The number of para-hydroxylation sites is 1. The van der Waals surface area contributed by atoms with Crippen molar-refractivity contribution in [2.75, 3.05) is 34.0 Å². The molecule has 0 fully saturated rings. The molecule has 0 unspecified atom stereocenters. The maximum atomic E-state index is 14.1. The van der Waals surface area contributed by atoms with Crippen molar-refractivity contribution >= 4 is 46.6 Å². The molecule has 1 atom stereocenters. The first-order chi connectivity index (χ1) is 21.3. The standard InChI is InChI=1S/C32H30Cl2N2O7S/c1-5-13-41-29-22(7-6-8-25(29)40-4)28-27(31(38)42-15-14-39-3)18(2)35-32-36(28)30(37)26(44-32)17-20-10-12-24(43-20)21-11-9-19(33)16-23(21)34/h6-12,16-17,28H,5,13-15H2,1-4H3/b26-17+/t28-/m1/s1. The zero-order valence-electron chi connectivity index (χ0n) is 24.5. The van der Waals surface area contributed by atoms with Crippen LogP contribution in [0.4, 0.5) is 0 Å². The summed E-state index contributed by atoms with van der Waals surface area (Å²) >= 11 is 13.6. The fraction of sp³-hybridized carbons (Fsp3) is 0.281. The van der Waals surface area contributed by atoms with Gasteiger partial charge >= 0.3 is 5.97 Å². The van der Waals surface area contributed by atoms with E-state index in [9.17, 15) is 9.59 Å². The van der Waals surface area contributed by atoms with Gasteiger partial charge < -0.3 is 23.4 Å². The second kappa shape index (κ2) is 13.9. The smallest absolute Gasteiger partial charge is 0.338 e. The lowest BCUT2D eigenvalue weighted by molar-refractivity contribution is -0.140. The first-order valence-electron chi connectivity index (χ1n) is 13.8. The summed E-state index contributed by atoms with van der Waals surface area (Å²) in [5.74, 6) is 1.26. The number of carbonyl (C=O) groups is 1.